The summed E-state index contributed by atoms with van der Waals surface area (Å²) in [4.78, 5) is 10.6. The minimum absolute atomic E-state index is 0. The van der Waals surface area contributed by atoms with Gasteiger partial charge >= 0.3 is 0 Å². The van der Waals surface area contributed by atoms with Gasteiger partial charge in [0.1, 0.15) is 0 Å². The van der Waals surface area contributed by atoms with E-state index in [1.165, 1.54) is 0 Å². The fraction of sp³-hybridized carbons (Fsp3) is 0.125. The molecule has 0 unspecified atom stereocenters. The van der Waals surface area contributed by atoms with Crippen molar-refractivity contribution in [2.75, 3.05) is 0 Å². The molecule has 0 saturated carbocycles. The van der Waals surface area contributed by atoms with E-state index in [9.17, 15) is 4.79 Å². The van der Waals surface area contributed by atoms with E-state index in [-0.39, 0.29) is 22.9 Å². The van der Waals surface area contributed by atoms with Crippen molar-refractivity contribution in [2.24, 2.45) is 0 Å². The second-order valence-electron chi connectivity index (χ2n) is 1.92. The van der Waals surface area contributed by atoms with Gasteiger partial charge < -0.3 is 0 Å². The van der Waals surface area contributed by atoms with Crippen LogP contribution >= 0.6 is 0 Å². The first kappa shape index (κ1) is 9.41. The zero-order chi connectivity index (χ0) is 6.69. The van der Waals surface area contributed by atoms with Gasteiger partial charge in [0.05, 0.1) is 0 Å². The van der Waals surface area contributed by atoms with Crippen molar-refractivity contribution in [3.05, 3.63) is 35.9 Å². The van der Waals surface area contributed by atoms with Crippen LogP contribution in [0.25, 0.3) is 0 Å². The van der Waals surface area contributed by atoms with Crippen molar-refractivity contribution in [2.45, 2.75) is 6.92 Å². The van der Waals surface area contributed by atoms with Gasteiger partial charge in [-0.15, -0.1) is 0 Å². The first-order valence-electron chi connectivity index (χ1n) is 2.86. The molecule has 0 aromatic heterocycles. The average Bonchev–Trinajstić information content (AvgIpc) is 1.90. The molecule has 0 atom stereocenters. The van der Waals surface area contributed by atoms with Gasteiger partial charge in [-0.3, -0.25) is 4.79 Å². The summed E-state index contributed by atoms with van der Waals surface area (Å²) < 4.78 is 0. The molecular formula is C8H8OSe. The standard InChI is InChI=1S/C8H8O.Se/c1-7(9)8-5-3-2-4-6-8;/h2-6H,1H3;. The van der Waals surface area contributed by atoms with Crippen molar-refractivity contribution in [3.63, 3.8) is 0 Å². The summed E-state index contributed by atoms with van der Waals surface area (Å²) in [6.45, 7) is 1.56. The Morgan fingerprint density at radius 1 is 1.20 bits per heavy atom. The molecule has 1 aromatic carbocycles. The molecule has 0 bridgehead atoms. The summed E-state index contributed by atoms with van der Waals surface area (Å²) in [5.74, 6) is 0.121. The quantitative estimate of drug-likeness (QED) is 0.495. The number of hydrogen-bond donors (Lipinski definition) is 0. The maximum Gasteiger partial charge on any atom is 0.159 e. The van der Waals surface area contributed by atoms with Gasteiger partial charge in [-0.05, 0) is 6.92 Å². The fourth-order valence-electron chi connectivity index (χ4n) is 0.673. The minimum Gasteiger partial charge on any atom is -0.295 e. The fourth-order valence-corrected chi connectivity index (χ4v) is 0.673. The first-order chi connectivity index (χ1) is 4.30. The van der Waals surface area contributed by atoms with E-state index >= 15 is 0 Å². The predicted molar refractivity (Wildman–Crippen MR) is 42.2 cm³/mol. The Morgan fingerprint density at radius 3 is 2.00 bits per heavy atom. The second kappa shape index (κ2) is 4.26. The molecule has 52 valence electrons. The van der Waals surface area contributed by atoms with Gasteiger partial charge in [-0.1, -0.05) is 30.3 Å². The van der Waals surface area contributed by atoms with Crippen molar-refractivity contribution in [1.82, 2.24) is 0 Å². The normalized spacial score (nSPS) is 8.10. The van der Waals surface area contributed by atoms with Crippen LogP contribution in [0.15, 0.2) is 30.3 Å². The van der Waals surface area contributed by atoms with Crippen LogP contribution in [0.2, 0.25) is 0 Å². The minimum atomic E-state index is 0. The number of carbonyl (C=O) groups is 1. The second-order valence-corrected chi connectivity index (χ2v) is 1.92. The van der Waals surface area contributed by atoms with Gasteiger partial charge in [0, 0.05) is 22.6 Å². The summed E-state index contributed by atoms with van der Waals surface area (Å²) in [7, 11) is 0. The van der Waals surface area contributed by atoms with Gasteiger partial charge in [0.15, 0.2) is 5.78 Å². The molecule has 0 fully saturated rings. The summed E-state index contributed by atoms with van der Waals surface area (Å²) in [5.41, 5.74) is 0.775. The van der Waals surface area contributed by atoms with E-state index in [0.29, 0.717) is 0 Å². The van der Waals surface area contributed by atoms with Crippen LogP contribution in [-0.2, 0) is 0 Å². The molecule has 0 saturated heterocycles. The number of Topliss-reactive ketones (excluding diaryl/α,β-unsaturated/α-hetero) is 1. The number of rotatable bonds is 1. The Hall–Kier alpha value is -0.591. The molecule has 1 rings (SSSR count). The monoisotopic (exact) mass is 200 g/mol. The van der Waals surface area contributed by atoms with Crippen molar-refractivity contribution in [3.8, 4) is 0 Å². The van der Waals surface area contributed by atoms with Gasteiger partial charge in [0.25, 0.3) is 0 Å². The maximum atomic E-state index is 10.6. The molecule has 0 amide bonds. The van der Waals surface area contributed by atoms with Crippen LogP contribution in [-0.4, -0.2) is 22.9 Å². The van der Waals surface area contributed by atoms with Gasteiger partial charge in [-0.2, -0.15) is 0 Å². The Labute approximate surface area is 70.9 Å². The van der Waals surface area contributed by atoms with Crippen LogP contribution in [0.4, 0.5) is 0 Å². The zero-order valence-corrected chi connectivity index (χ0v) is 7.42. The summed E-state index contributed by atoms with van der Waals surface area (Å²) in [6.07, 6.45) is 0. The largest absolute Gasteiger partial charge is 0.295 e. The van der Waals surface area contributed by atoms with E-state index < -0.39 is 0 Å². The average molecular weight is 199 g/mol. The maximum absolute atomic E-state index is 10.6. The van der Waals surface area contributed by atoms with Gasteiger partial charge in [0.2, 0.25) is 0 Å². The van der Waals surface area contributed by atoms with Crippen LogP contribution in [0.3, 0.4) is 0 Å². The molecule has 2 radical (unpaired) electrons. The molecule has 1 aromatic rings. The third kappa shape index (κ3) is 2.34. The number of carbonyl (C=O) groups excluding carboxylic acids is 1. The molecule has 0 aliphatic heterocycles. The molecule has 1 nitrogen and oxygen atoms in total. The van der Waals surface area contributed by atoms with Crippen molar-refractivity contribution < 1.29 is 4.79 Å². The Kier molecular flexibility index (Phi) is 4.01. The predicted octanol–water partition coefficient (Wildman–Crippen LogP) is 1.51. The number of benzene rings is 1. The summed E-state index contributed by atoms with van der Waals surface area (Å²) in [6, 6.07) is 9.23. The Morgan fingerprint density at radius 2 is 1.70 bits per heavy atom. The van der Waals surface area contributed by atoms with Crippen molar-refractivity contribution >= 4 is 22.9 Å². The van der Waals surface area contributed by atoms with E-state index in [4.69, 9.17) is 0 Å². The third-order valence-electron chi connectivity index (χ3n) is 1.18. The van der Waals surface area contributed by atoms with Gasteiger partial charge in [-0.25, -0.2) is 0 Å². The Bertz CT molecular complexity index is 206. The molecular weight excluding hydrogens is 191 g/mol. The molecule has 0 aliphatic rings. The molecule has 0 heterocycles. The van der Waals surface area contributed by atoms with Crippen molar-refractivity contribution in [1.29, 1.82) is 0 Å². The smallest absolute Gasteiger partial charge is 0.159 e. The van der Waals surface area contributed by atoms with E-state index in [2.05, 4.69) is 0 Å². The molecule has 2 heteroatoms. The SMILES string of the molecule is CC(=O)c1ccccc1.[Se]. The number of ketones is 1. The topological polar surface area (TPSA) is 17.1 Å². The number of hydrogen-bond acceptors (Lipinski definition) is 1. The summed E-state index contributed by atoms with van der Waals surface area (Å²) >= 11 is 0. The van der Waals surface area contributed by atoms with Crippen LogP contribution in [0, 0.1) is 0 Å². The third-order valence-corrected chi connectivity index (χ3v) is 1.18. The Balaban J connectivity index is 0.000000810. The summed E-state index contributed by atoms with van der Waals surface area (Å²) in [5, 5.41) is 0. The zero-order valence-electron chi connectivity index (χ0n) is 5.70. The molecule has 0 N–H and O–H groups in total. The van der Waals surface area contributed by atoms with Crippen LogP contribution in [0.5, 0.6) is 0 Å². The van der Waals surface area contributed by atoms with Crippen LogP contribution < -0.4 is 0 Å². The molecule has 0 aliphatic carbocycles. The first-order valence-corrected chi connectivity index (χ1v) is 2.86. The van der Waals surface area contributed by atoms with E-state index in [1.54, 1.807) is 6.92 Å². The molecule has 10 heavy (non-hydrogen) atoms. The van der Waals surface area contributed by atoms with E-state index in [0.717, 1.165) is 5.56 Å². The molecule has 0 spiro atoms. The van der Waals surface area contributed by atoms with Crippen LogP contribution in [0.1, 0.15) is 17.3 Å². The van der Waals surface area contributed by atoms with E-state index in [1.807, 2.05) is 30.3 Å².